The quantitative estimate of drug-likeness (QED) is 0.0931. The molecule has 0 bridgehead atoms. The van der Waals surface area contributed by atoms with Crippen molar-refractivity contribution in [3.05, 3.63) is 10.4 Å². The monoisotopic (exact) mass is 374 g/mol. The molecule has 26 heavy (non-hydrogen) atoms. The highest BCUT2D eigenvalue weighted by Crippen LogP contribution is 2.27. The number of carboxylic acid groups (broad SMARTS) is 2. The zero-order chi connectivity index (χ0) is 20.0. The number of carbonyl (C=O) groups excluding carboxylic acids is 1. The van der Waals surface area contributed by atoms with E-state index in [-0.39, 0.29) is 51.5 Å². The number of aliphatic hydroxyl groups is 2. The molecule has 0 unspecified atom stereocenters. The molecular weight excluding hydrogens is 348 g/mol. The van der Waals surface area contributed by atoms with Crippen molar-refractivity contribution in [2.45, 2.75) is 69.6 Å². The van der Waals surface area contributed by atoms with Crippen LogP contribution in [-0.4, -0.2) is 56.6 Å². The van der Waals surface area contributed by atoms with Crippen LogP contribution in [0.15, 0.2) is 5.11 Å². The summed E-state index contributed by atoms with van der Waals surface area (Å²) in [6.07, 6.45) is -1.32. The van der Waals surface area contributed by atoms with Crippen molar-refractivity contribution in [1.82, 2.24) is 5.32 Å². The molecule has 0 atom stereocenters. The third-order valence-electron chi connectivity index (χ3n) is 3.90. The van der Waals surface area contributed by atoms with E-state index in [9.17, 15) is 14.4 Å². The number of azide groups is 1. The summed E-state index contributed by atoms with van der Waals surface area (Å²) in [6.45, 7) is 0.254. The van der Waals surface area contributed by atoms with Gasteiger partial charge in [0.25, 0.3) is 0 Å². The summed E-state index contributed by atoms with van der Waals surface area (Å²) in [4.78, 5) is 36.6. The van der Waals surface area contributed by atoms with E-state index < -0.39 is 29.7 Å². The van der Waals surface area contributed by atoms with E-state index >= 15 is 0 Å². The number of unbranched alkanes of at least 4 members (excludes halogenated alkanes) is 1. The van der Waals surface area contributed by atoms with Crippen LogP contribution in [0, 0.1) is 0 Å². The minimum atomic E-state index is -1.65. The summed E-state index contributed by atoms with van der Waals surface area (Å²) < 4.78 is 0. The van der Waals surface area contributed by atoms with Crippen LogP contribution in [0.5, 0.6) is 0 Å². The molecule has 0 radical (unpaired) electrons. The van der Waals surface area contributed by atoms with Crippen molar-refractivity contribution in [2.24, 2.45) is 5.11 Å². The second-order valence-corrected chi connectivity index (χ2v) is 6.05. The number of carbonyl (C=O) groups is 3. The molecule has 0 rings (SSSR count). The van der Waals surface area contributed by atoms with Gasteiger partial charge in [-0.05, 0) is 37.6 Å². The second-order valence-electron chi connectivity index (χ2n) is 6.05. The molecule has 0 aromatic heterocycles. The minimum Gasteiger partial charge on any atom is -0.481 e. The van der Waals surface area contributed by atoms with E-state index in [1.54, 1.807) is 0 Å². The van der Waals surface area contributed by atoms with Crippen molar-refractivity contribution in [2.75, 3.05) is 6.54 Å². The van der Waals surface area contributed by atoms with Gasteiger partial charge in [-0.2, -0.15) is 0 Å². The molecule has 0 saturated heterocycles. The van der Waals surface area contributed by atoms with Gasteiger partial charge >= 0.3 is 11.9 Å². The van der Waals surface area contributed by atoms with Gasteiger partial charge in [0.15, 0.2) is 6.29 Å². The van der Waals surface area contributed by atoms with Crippen molar-refractivity contribution < 1.29 is 34.8 Å². The topological polar surface area (TPSA) is 193 Å². The van der Waals surface area contributed by atoms with Crippen LogP contribution in [0.4, 0.5) is 0 Å². The maximum absolute atomic E-state index is 12.2. The molecule has 0 aliphatic heterocycles. The first-order valence-corrected chi connectivity index (χ1v) is 8.32. The number of carboxylic acids is 2. The van der Waals surface area contributed by atoms with Crippen LogP contribution in [0.25, 0.3) is 10.4 Å². The Bertz CT molecular complexity index is 500. The van der Waals surface area contributed by atoms with Crippen molar-refractivity contribution in [1.29, 1.82) is 0 Å². The largest absolute Gasteiger partial charge is 0.481 e. The third-order valence-corrected chi connectivity index (χ3v) is 3.90. The lowest BCUT2D eigenvalue weighted by Crippen LogP contribution is -2.49. The first kappa shape index (κ1) is 23.6. The van der Waals surface area contributed by atoms with Gasteiger partial charge < -0.3 is 25.7 Å². The molecule has 148 valence electrons. The van der Waals surface area contributed by atoms with Crippen LogP contribution in [0.1, 0.15) is 57.8 Å². The Labute approximate surface area is 150 Å². The third kappa shape index (κ3) is 12.1. The van der Waals surface area contributed by atoms with Gasteiger partial charge in [0.05, 0.1) is 0 Å². The number of nitrogens with zero attached hydrogens (tertiary/aromatic N) is 3. The minimum absolute atomic E-state index is 0.0210. The van der Waals surface area contributed by atoms with E-state index in [1.807, 2.05) is 0 Å². The van der Waals surface area contributed by atoms with E-state index in [2.05, 4.69) is 15.3 Å². The van der Waals surface area contributed by atoms with Crippen LogP contribution >= 0.6 is 0 Å². The summed E-state index contributed by atoms with van der Waals surface area (Å²) in [7, 11) is 0. The molecular formula is C15H26N4O7. The molecule has 0 aliphatic carbocycles. The molecule has 0 aromatic rings. The summed E-state index contributed by atoms with van der Waals surface area (Å²) in [6, 6.07) is 0. The van der Waals surface area contributed by atoms with Gasteiger partial charge in [0.2, 0.25) is 5.91 Å². The molecule has 11 nitrogen and oxygen atoms in total. The van der Waals surface area contributed by atoms with Crippen molar-refractivity contribution >= 4 is 17.8 Å². The highest BCUT2D eigenvalue weighted by Gasteiger charge is 2.33. The average Bonchev–Trinajstić information content (AvgIpc) is 2.55. The normalized spacial score (nSPS) is 11.0. The zero-order valence-electron chi connectivity index (χ0n) is 14.5. The number of amides is 1. The lowest BCUT2D eigenvalue weighted by atomic mass is 9.83. The highest BCUT2D eigenvalue weighted by atomic mass is 16.5. The summed E-state index contributed by atoms with van der Waals surface area (Å²) in [5.74, 6) is -2.59. The Morgan fingerprint density at radius 2 is 1.58 bits per heavy atom. The molecule has 0 aliphatic rings. The van der Waals surface area contributed by atoms with Gasteiger partial charge in [-0.1, -0.05) is 5.11 Å². The molecule has 0 heterocycles. The number of hydrogen-bond acceptors (Lipinski definition) is 6. The molecule has 5 N–H and O–H groups in total. The number of hydrogen-bond donors (Lipinski definition) is 5. The van der Waals surface area contributed by atoms with E-state index in [0.717, 1.165) is 0 Å². The van der Waals surface area contributed by atoms with E-state index in [0.29, 0.717) is 12.8 Å². The summed E-state index contributed by atoms with van der Waals surface area (Å²) in [5.41, 5.74) is 7.03. The lowest BCUT2D eigenvalue weighted by Gasteiger charge is -2.35. The molecule has 11 heteroatoms. The Hall–Kier alpha value is -2.36. The van der Waals surface area contributed by atoms with E-state index in [4.69, 9.17) is 26.0 Å². The second kappa shape index (κ2) is 12.9. The van der Waals surface area contributed by atoms with Gasteiger partial charge in [-0.25, -0.2) is 0 Å². The number of aliphatic carboxylic acids is 2. The standard InChI is InChI=1S/C15H26N4O7/c16-19-17-10-2-1-3-11(20)18-15(7-4-12(21)22,8-5-13(23)24)9-6-14(25)26/h12,21-22H,1-10H2,(H,18,20)(H,23,24)(H,25,26). The van der Waals surface area contributed by atoms with Gasteiger partial charge in [-0.3, -0.25) is 14.4 Å². The smallest absolute Gasteiger partial charge is 0.303 e. The van der Waals surface area contributed by atoms with E-state index in [1.165, 1.54) is 0 Å². The fourth-order valence-corrected chi connectivity index (χ4v) is 2.53. The van der Waals surface area contributed by atoms with Gasteiger partial charge in [0.1, 0.15) is 0 Å². The molecule has 0 fully saturated rings. The number of nitrogens with one attached hydrogen (secondary N) is 1. The Morgan fingerprint density at radius 3 is 2.04 bits per heavy atom. The van der Waals surface area contributed by atoms with Crippen LogP contribution < -0.4 is 5.32 Å². The predicted molar refractivity (Wildman–Crippen MR) is 89.9 cm³/mol. The van der Waals surface area contributed by atoms with Crippen LogP contribution in [0.2, 0.25) is 0 Å². The molecule has 0 aromatic carbocycles. The van der Waals surface area contributed by atoms with Crippen LogP contribution in [0.3, 0.4) is 0 Å². The SMILES string of the molecule is [N-]=[N+]=NCCCCC(=O)NC(CCC(=O)O)(CCC(=O)O)CCC(O)O. The fourth-order valence-electron chi connectivity index (χ4n) is 2.53. The van der Waals surface area contributed by atoms with Crippen molar-refractivity contribution in [3.8, 4) is 0 Å². The maximum Gasteiger partial charge on any atom is 0.303 e. The average molecular weight is 374 g/mol. The fraction of sp³-hybridized carbons (Fsp3) is 0.800. The summed E-state index contributed by atoms with van der Waals surface area (Å²) >= 11 is 0. The molecule has 0 saturated carbocycles. The maximum atomic E-state index is 12.2. The Morgan fingerprint density at radius 1 is 1.00 bits per heavy atom. The van der Waals surface area contributed by atoms with Crippen molar-refractivity contribution in [3.63, 3.8) is 0 Å². The first-order valence-electron chi connectivity index (χ1n) is 8.32. The Balaban J connectivity index is 5.00. The molecule has 1 amide bonds. The zero-order valence-corrected chi connectivity index (χ0v) is 14.5. The lowest BCUT2D eigenvalue weighted by molar-refractivity contribution is -0.138. The van der Waals surface area contributed by atoms with Gasteiger partial charge in [-0.15, -0.1) is 0 Å². The van der Waals surface area contributed by atoms with Gasteiger partial charge in [0, 0.05) is 42.7 Å². The number of aliphatic hydroxyl groups excluding tert-OH is 1. The predicted octanol–water partition coefficient (Wildman–Crippen LogP) is 1.14. The summed E-state index contributed by atoms with van der Waals surface area (Å²) in [5, 5.41) is 42.1. The number of rotatable bonds is 15. The highest BCUT2D eigenvalue weighted by molar-refractivity contribution is 5.77. The first-order chi connectivity index (χ1) is 12.2. The molecule has 0 spiro atoms. The Kier molecular flexibility index (Phi) is 11.8. The van der Waals surface area contributed by atoms with Crippen LogP contribution in [-0.2, 0) is 14.4 Å².